The molecule has 2 aromatic carbocycles. The fourth-order valence-corrected chi connectivity index (χ4v) is 6.94. The van der Waals surface area contributed by atoms with Gasteiger partial charge in [0.15, 0.2) is 23.2 Å². The zero-order chi connectivity index (χ0) is 33.2. The Balaban J connectivity index is 1.80. The van der Waals surface area contributed by atoms with Gasteiger partial charge >= 0.3 is 5.69 Å². The molecule has 2 atom stereocenters. The highest BCUT2D eigenvalue weighted by Crippen LogP contribution is 2.50. The molecule has 0 saturated carbocycles. The van der Waals surface area contributed by atoms with Crippen LogP contribution in [0.3, 0.4) is 0 Å². The number of aromatic nitrogens is 3. The van der Waals surface area contributed by atoms with Gasteiger partial charge in [-0.1, -0.05) is 32.0 Å². The van der Waals surface area contributed by atoms with Crippen molar-refractivity contribution in [2.45, 2.75) is 52.1 Å². The molecule has 2 unspecified atom stereocenters. The zero-order valence-electron chi connectivity index (χ0n) is 25.6. The van der Waals surface area contributed by atoms with Crippen LogP contribution in [0.25, 0.3) is 27.7 Å². The van der Waals surface area contributed by atoms with E-state index in [4.69, 9.17) is 16.3 Å². The summed E-state index contributed by atoms with van der Waals surface area (Å²) in [6.07, 6.45) is 3.13. The molecule has 6 rings (SSSR count). The topological polar surface area (TPSA) is 101 Å². The SMILES string of the molecule is C=CC(=O)N1CC(C)N2c3nc(=O)n(-c4c(C)ccnc4C(C)C)c4c(Cl)c(-c5c(O)ccc(F)c5F)c(F)c(c34)OCCC2C1. The number of nitrogens with zero attached hydrogens (tertiary/aromatic N) is 5. The van der Waals surface area contributed by atoms with E-state index in [1.807, 2.05) is 25.7 Å². The summed E-state index contributed by atoms with van der Waals surface area (Å²) in [5.41, 5.74) is -0.897. The second kappa shape index (κ2) is 11.7. The molecule has 46 heavy (non-hydrogen) atoms. The van der Waals surface area contributed by atoms with Gasteiger partial charge in [0.05, 0.1) is 45.5 Å². The van der Waals surface area contributed by atoms with Gasteiger partial charge in [-0.25, -0.2) is 18.0 Å². The number of phenols is 1. The van der Waals surface area contributed by atoms with E-state index in [2.05, 4.69) is 16.5 Å². The molecule has 0 bridgehead atoms. The van der Waals surface area contributed by atoms with Gasteiger partial charge in [-0.3, -0.25) is 14.3 Å². The first-order chi connectivity index (χ1) is 21.9. The van der Waals surface area contributed by atoms with Crippen LogP contribution in [-0.4, -0.2) is 62.2 Å². The van der Waals surface area contributed by atoms with Crippen LogP contribution in [0.4, 0.5) is 19.0 Å². The first-order valence-corrected chi connectivity index (χ1v) is 15.2. The Kier molecular flexibility index (Phi) is 7.95. The Morgan fingerprint density at radius 3 is 2.61 bits per heavy atom. The van der Waals surface area contributed by atoms with Gasteiger partial charge in [-0.05, 0) is 49.6 Å². The van der Waals surface area contributed by atoms with Crippen LogP contribution in [-0.2, 0) is 4.79 Å². The second-order valence-electron chi connectivity index (χ2n) is 11.9. The predicted octanol–water partition coefficient (Wildman–Crippen LogP) is 6.03. The summed E-state index contributed by atoms with van der Waals surface area (Å²) in [6, 6.07) is 2.52. The van der Waals surface area contributed by atoms with E-state index in [1.165, 1.54) is 10.6 Å². The number of piperazine rings is 1. The Bertz CT molecular complexity index is 2000. The number of carbonyl (C=O) groups excluding carboxylic acids is 1. The number of hydrogen-bond donors (Lipinski definition) is 1. The summed E-state index contributed by atoms with van der Waals surface area (Å²) < 4.78 is 54.0. The maximum atomic E-state index is 16.8. The molecular formula is C33H31ClF3N5O4. The maximum absolute atomic E-state index is 16.8. The molecule has 4 heterocycles. The fourth-order valence-electron chi connectivity index (χ4n) is 6.58. The summed E-state index contributed by atoms with van der Waals surface area (Å²) in [5.74, 6) is -5.56. The number of amides is 1. The molecule has 13 heteroatoms. The summed E-state index contributed by atoms with van der Waals surface area (Å²) >= 11 is 7.02. The maximum Gasteiger partial charge on any atom is 0.354 e. The Labute approximate surface area is 267 Å². The Hall–Kier alpha value is -4.58. The lowest BCUT2D eigenvalue weighted by atomic mass is 9.97. The Morgan fingerprint density at radius 1 is 1.17 bits per heavy atom. The van der Waals surface area contributed by atoms with Gasteiger partial charge in [0, 0.05) is 37.3 Å². The van der Waals surface area contributed by atoms with Crippen molar-refractivity contribution in [3.05, 3.63) is 81.3 Å². The van der Waals surface area contributed by atoms with Crippen LogP contribution < -0.4 is 15.3 Å². The molecule has 240 valence electrons. The predicted molar refractivity (Wildman–Crippen MR) is 169 cm³/mol. The number of phenolic OH excluding ortho intramolecular Hbond substituents is 1. The lowest BCUT2D eigenvalue weighted by Crippen LogP contribution is -2.60. The van der Waals surface area contributed by atoms with Crippen LogP contribution in [0, 0.1) is 24.4 Å². The van der Waals surface area contributed by atoms with Crippen LogP contribution in [0.5, 0.6) is 11.5 Å². The van der Waals surface area contributed by atoms with E-state index in [-0.39, 0.29) is 54.3 Å². The number of carbonyl (C=O) groups is 1. The molecule has 1 saturated heterocycles. The first kappa shape index (κ1) is 31.4. The first-order valence-electron chi connectivity index (χ1n) is 14.8. The Morgan fingerprint density at radius 2 is 1.91 bits per heavy atom. The van der Waals surface area contributed by atoms with Gasteiger partial charge in [0.1, 0.15) is 11.6 Å². The molecule has 1 N–H and O–H groups in total. The summed E-state index contributed by atoms with van der Waals surface area (Å²) in [5, 5.41) is 10.3. The average molecular weight is 654 g/mol. The van der Waals surface area contributed by atoms with Crippen LogP contribution in [0.15, 0.2) is 41.8 Å². The van der Waals surface area contributed by atoms with E-state index < -0.39 is 56.8 Å². The molecule has 0 spiro atoms. The molecule has 9 nitrogen and oxygen atoms in total. The zero-order valence-corrected chi connectivity index (χ0v) is 26.3. The minimum Gasteiger partial charge on any atom is -0.507 e. The number of benzene rings is 2. The minimum atomic E-state index is -1.53. The molecule has 2 aromatic heterocycles. The van der Waals surface area contributed by atoms with Crippen molar-refractivity contribution in [3.8, 4) is 28.3 Å². The van der Waals surface area contributed by atoms with Crippen molar-refractivity contribution in [1.29, 1.82) is 0 Å². The third-order valence-corrected chi connectivity index (χ3v) is 8.98. The summed E-state index contributed by atoms with van der Waals surface area (Å²) in [7, 11) is 0. The highest BCUT2D eigenvalue weighted by molar-refractivity contribution is 6.39. The van der Waals surface area contributed by atoms with Crippen molar-refractivity contribution in [1.82, 2.24) is 19.4 Å². The average Bonchev–Trinajstić information content (AvgIpc) is 3.00. The lowest BCUT2D eigenvalue weighted by molar-refractivity contribution is -0.127. The van der Waals surface area contributed by atoms with E-state index in [0.717, 1.165) is 6.07 Å². The summed E-state index contributed by atoms with van der Waals surface area (Å²) in [4.78, 5) is 39.4. The number of aromatic hydroxyl groups is 1. The number of hydrogen-bond acceptors (Lipinski definition) is 7. The van der Waals surface area contributed by atoms with Crippen molar-refractivity contribution < 1.29 is 27.8 Å². The number of anilines is 1. The molecule has 1 amide bonds. The molecular weight excluding hydrogens is 623 g/mol. The van der Waals surface area contributed by atoms with Gasteiger partial charge < -0.3 is 19.6 Å². The quantitative estimate of drug-likeness (QED) is 0.269. The number of pyridine rings is 1. The largest absolute Gasteiger partial charge is 0.507 e. The van der Waals surface area contributed by atoms with Crippen molar-refractivity contribution in [3.63, 3.8) is 0 Å². The monoisotopic (exact) mass is 653 g/mol. The van der Waals surface area contributed by atoms with E-state index in [0.29, 0.717) is 29.4 Å². The van der Waals surface area contributed by atoms with E-state index in [9.17, 15) is 19.1 Å². The highest BCUT2D eigenvalue weighted by atomic mass is 35.5. The standard InChI is InChI=1S/C33H31ClF3N5O4/c1-6-21(44)40-13-17(5)41-18(14-40)10-12-46-31-24-30(25(34)23(27(31)37)22-20(43)8-7-19(35)26(22)36)42(33(45)39-32(24)41)29-16(4)9-11-38-28(29)15(2)3/h6-9,11,15,17-18,43H,1,10,12-14H2,2-5H3. The van der Waals surface area contributed by atoms with Crippen molar-refractivity contribution in [2.75, 3.05) is 24.6 Å². The molecule has 2 aliphatic heterocycles. The third kappa shape index (κ3) is 4.77. The van der Waals surface area contributed by atoms with Gasteiger partial charge in [-0.2, -0.15) is 4.98 Å². The fraction of sp³-hybridized carbons (Fsp3) is 0.333. The number of fused-ring (bicyclic) bond motifs is 2. The number of aryl methyl sites for hydroxylation is 1. The molecule has 2 aliphatic rings. The summed E-state index contributed by atoms with van der Waals surface area (Å²) in [6.45, 7) is 11.5. The smallest absolute Gasteiger partial charge is 0.354 e. The van der Waals surface area contributed by atoms with Crippen LogP contribution in [0.1, 0.15) is 44.4 Å². The number of ether oxygens (including phenoxy) is 1. The minimum absolute atomic E-state index is 0.0279. The van der Waals surface area contributed by atoms with Crippen LogP contribution >= 0.6 is 11.6 Å². The van der Waals surface area contributed by atoms with Crippen molar-refractivity contribution in [2.24, 2.45) is 0 Å². The van der Waals surface area contributed by atoms with Gasteiger partial charge in [0.2, 0.25) is 5.91 Å². The molecule has 0 aliphatic carbocycles. The van der Waals surface area contributed by atoms with E-state index in [1.54, 1.807) is 24.1 Å². The third-order valence-electron chi connectivity index (χ3n) is 8.61. The highest BCUT2D eigenvalue weighted by Gasteiger charge is 2.40. The van der Waals surface area contributed by atoms with Gasteiger partial charge in [-0.15, -0.1) is 0 Å². The van der Waals surface area contributed by atoms with E-state index >= 15 is 8.78 Å². The van der Waals surface area contributed by atoms with Crippen molar-refractivity contribution >= 4 is 34.2 Å². The number of rotatable bonds is 4. The molecule has 1 fully saturated rings. The normalized spacial score (nSPS) is 17.8. The number of halogens is 4. The van der Waals surface area contributed by atoms with Gasteiger partial charge in [0.25, 0.3) is 0 Å². The van der Waals surface area contributed by atoms with Crippen LogP contribution in [0.2, 0.25) is 5.02 Å². The second-order valence-corrected chi connectivity index (χ2v) is 12.3. The lowest BCUT2D eigenvalue weighted by Gasteiger charge is -2.47. The molecule has 4 aromatic rings. The molecule has 0 radical (unpaired) electrons.